The standard InChI is InChI=1S/C3H4NO/c1-3(5)2-4/h3H,1H3. The molecule has 0 spiro atoms. The Balaban J connectivity index is 2.94. The lowest BCUT2D eigenvalue weighted by atomic mass is 10.5. The van der Waals surface area contributed by atoms with Gasteiger partial charge in [0.05, 0.1) is 6.07 Å². The van der Waals surface area contributed by atoms with E-state index in [9.17, 15) is 5.11 Å². The Morgan fingerprint density at radius 2 is 2.20 bits per heavy atom. The smallest absolute Gasteiger partial charge is 0.176 e. The third-order valence-electron chi connectivity index (χ3n) is 0.182. The second-order valence-electron chi connectivity index (χ2n) is 0.771. The van der Waals surface area contributed by atoms with Crippen LogP contribution in [0.2, 0.25) is 0 Å². The first-order chi connectivity index (χ1) is 2.27. The first-order valence-corrected chi connectivity index (χ1v) is 1.33. The van der Waals surface area contributed by atoms with Gasteiger partial charge in [-0.3, -0.25) is 0 Å². The van der Waals surface area contributed by atoms with Gasteiger partial charge in [-0.15, -0.1) is 0 Å². The molecule has 0 aliphatic rings. The van der Waals surface area contributed by atoms with Gasteiger partial charge < -0.3 is 0 Å². The molecule has 0 aromatic heterocycles. The third-order valence-corrected chi connectivity index (χ3v) is 0.182. The first kappa shape index (κ1) is 4.45. The van der Waals surface area contributed by atoms with Crippen molar-refractivity contribution in [3.8, 4) is 6.07 Å². The molecule has 0 aliphatic heterocycles. The van der Waals surface area contributed by atoms with Crippen molar-refractivity contribution in [2.24, 2.45) is 0 Å². The maximum Gasteiger partial charge on any atom is 0.176 e. The molecule has 0 rings (SSSR count). The van der Waals surface area contributed by atoms with Crippen LogP contribution in [0.5, 0.6) is 0 Å². The van der Waals surface area contributed by atoms with Crippen LogP contribution in [0.1, 0.15) is 6.92 Å². The van der Waals surface area contributed by atoms with Crippen LogP contribution < -0.4 is 0 Å². The van der Waals surface area contributed by atoms with Gasteiger partial charge in [0.15, 0.2) is 6.10 Å². The summed E-state index contributed by atoms with van der Waals surface area (Å²) in [6, 6.07) is 1.47. The molecule has 0 amide bonds. The number of hydrogen-bond acceptors (Lipinski definition) is 1. The van der Waals surface area contributed by atoms with Gasteiger partial charge in [-0.25, -0.2) is 5.11 Å². The number of hydrogen-bond donors (Lipinski definition) is 0. The summed E-state index contributed by atoms with van der Waals surface area (Å²) >= 11 is 0. The highest BCUT2D eigenvalue weighted by molar-refractivity contribution is 4.75. The lowest BCUT2D eigenvalue weighted by Gasteiger charge is -1.71. The van der Waals surface area contributed by atoms with Crippen molar-refractivity contribution in [3.63, 3.8) is 0 Å². The first-order valence-electron chi connectivity index (χ1n) is 1.33. The van der Waals surface area contributed by atoms with Crippen molar-refractivity contribution in [2.75, 3.05) is 0 Å². The predicted octanol–water partition coefficient (Wildman–Crippen LogP) is 0.329. The molecule has 0 bridgehead atoms. The molecule has 2 nitrogen and oxygen atoms in total. The van der Waals surface area contributed by atoms with E-state index >= 15 is 0 Å². The Bertz CT molecular complexity index is 52.4. The second kappa shape index (κ2) is 1.74. The van der Waals surface area contributed by atoms with E-state index in [2.05, 4.69) is 0 Å². The maximum absolute atomic E-state index is 9.53. The van der Waals surface area contributed by atoms with Crippen LogP contribution in [0.4, 0.5) is 0 Å². The van der Waals surface area contributed by atoms with Crippen LogP contribution in [-0.4, -0.2) is 6.10 Å². The van der Waals surface area contributed by atoms with Crippen molar-refractivity contribution in [3.05, 3.63) is 0 Å². The fraction of sp³-hybridized carbons (Fsp3) is 0.667. The van der Waals surface area contributed by atoms with Gasteiger partial charge in [-0.05, 0) is 6.92 Å². The maximum atomic E-state index is 9.53. The molecule has 0 aromatic carbocycles. The molecule has 27 valence electrons. The molecule has 5 heavy (non-hydrogen) atoms. The van der Waals surface area contributed by atoms with E-state index in [1.807, 2.05) is 0 Å². The number of nitriles is 1. The summed E-state index contributed by atoms with van der Waals surface area (Å²) in [7, 11) is 0. The molecule has 0 heterocycles. The monoisotopic (exact) mass is 70.0 g/mol. The van der Waals surface area contributed by atoms with E-state index in [1.165, 1.54) is 13.0 Å². The minimum atomic E-state index is -1.06. The van der Waals surface area contributed by atoms with Crippen LogP contribution in [0.15, 0.2) is 0 Å². The summed E-state index contributed by atoms with van der Waals surface area (Å²) in [5.41, 5.74) is 0. The summed E-state index contributed by atoms with van der Waals surface area (Å²) in [6.07, 6.45) is -1.06. The molecular formula is C3H4NO. The fourth-order valence-corrected chi connectivity index (χ4v) is 0. The van der Waals surface area contributed by atoms with Gasteiger partial charge in [0.25, 0.3) is 0 Å². The van der Waals surface area contributed by atoms with Gasteiger partial charge in [0.2, 0.25) is 0 Å². The van der Waals surface area contributed by atoms with E-state index < -0.39 is 6.10 Å². The number of nitrogens with zero attached hydrogens (tertiary/aromatic N) is 1. The average Bonchev–Trinajstić information content (AvgIpc) is 1.38. The molecule has 1 atom stereocenters. The minimum absolute atomic E-state index is 1.06. The van der Waals surface area contributed by atoms with E-state index in [0.717, 1.165) is 0 Å². The van der Waals surface area contributed by atoms with Crippen molar-refractivity contribution < 1.29 is 5.11 Å². The summed E-state index contributed by atoms with van der Waals surface area (Å²) in [6.45, 7) is 1.31. The Labute approximate surface area is 30.7 Å². The van der Waals surface area contributed by atoms with Crippen LogP contribution in [0.25, 0.3) is 0 Å². The number of rotatable bonds is 0. The summed E-state index contributed by atoms with van der Waals surface area (Å²) in [4.78, 5) is 0. The average molecular weight is 70.1 g/mol. The normalized spacial score (nSPS) is 13.0. The molecule has 0 aliphatic carbocycles. The van der Waals surface area contributed by atoms with Crippen LogP contribution >= 0.6 is 0 Å². The molecule has 1 unspecified atom stereocenters. The summed E-state index contributed by atoms with van der Waals surface area (Å²) < 4.78 is 0. The van der Waals surface area contributed by atoms with Crippen molar-refractivity contribution in [2.45, 2.75) is 13.0 Å². The van der Waals surface area contributed by atoms with E-state index in [-0.39, 0.29) is 0 Å². The minimum Gasteiger partial charge on any atom is -0.217 e. The Kier molecular flexibility index (Phi) is 1.55. The molecule has 0 N–H and O–H groups in total. The zero-order chi connectivity index (χ0) is 4.28. The van der Waals surface area contributed by atoms with Gasteiger partial charge in [-0.2, -0.15) is 5.26 Å². The molecule has 0 saturated carbocycles. The van der Waals surface area contributed by atoms with Crippen molar-refractivity contribution >= 4 is 0 Å². The zero-order valence-electron chi connectivity index (χ0n) is 2.93. The van der Waals surface area contributed by atoms with Gasteiger partial charge >= 0.3 is 0 Å². The molecular weight excluding hydrogens is 66.0 g/mol. The predicted molar refractivity (Wildman–Crippen MR) is 15.8 cm³/mol. The van der Waals surface area contributed by atoms with E-state index in [4.69, 9.17) is 5.26 Å². The second-order valence-corrected chi connectivity index (χ2v) is 0.771. The Morgan fingerprint density at radius 1 is 2.00 bits per heavy atom. The van der Waals surface area contributed by atoms with Crippen molar-refractivity contribution in [1.82, 2.24) is 0 Å². The van der Waals surface area contributed by atoms with E-state index in [0.29, 0.717) is 0 Å². The molecule has 0 saturated heterocycles. The van der Waals surface area contributed by atoms with Gasteiger partial charge in [0, 0.05) is 0 Å². The lowest BCUT2D eigenvalue weighted by molar-refractivity contribution is 0.152. The van der Waals surface area contributed by atoms with E-state index in [1.54, 1.807) is 0 Å². The summed E-state index contributed by atoms with van der Waals surface area (Å²) in [5.74, 6) is 0. The zero-order valence-corrected chi connectivity index (χ0v) is 2.93. The van der Waals surface area contributed by atoms with Crippen LogP contribution in [0, 0.1) is 11.3 Å². The molecule has 0 fully saturated rings. The highest BCUT2D eigenvalue weighted by atomic mass is 16.3. The third kappa shape index (κ3) is 3.45. The molecule has 2 heteroatoms. The molecule has 1 radical (unpaired) electrons. The van der Waals surface area contributed by atoms with Crippen molar-refractivity contribution in [1.29, 1.82) is 5.26 Å². The Hall–Kier alpha value is -0.550. The quantitative estimate of drug-likeness (QED) is 0.405. The van der Waals surface area contributed by atoms with Crippen LogP contribution in [0.3, 0.4) is 0 Å². The summed E-state index contributed by atoms with van der Waals surface area (Å²) in [5, 5.41) is 17.1. The largest absolute Gasteiger partial charge is 0.217 e. The molecule has 0 aromatic rings. The fourth-order valence-electron chi connectivity index (χ4n) is 0. The van der Waals surface area contributed by atoms with Gasteiger partial charge in [-0.1, -0.05) is 0 Å². The lowest BCUT2D eigenvalue weighted by Crippen LogP contribution is -1.87. The highest BCUT2D eigenvalue weighted by Gasteiger charge is 1.84. The highest BCUT2D eigenvalue weighted by Crippen LogP contribution is 1.68. The topological polar surface area (TPSA) is 43.7 Å². The Morgan fingerprint density at radius 3 is 2.20 bits per heavy atom. The van der Waals surface area contributed by atoms with Crippen LogP contribution in [-0.2, 0) is 5.11 Å². The SMILES string of the molecule is CC([O])C#N. The van der Waals surface area contributed by atoms with Gasteiger partial charge in [0.1, 0.15) is 0 Å².